The largest absolute Gasteiger partial charge is 0.497 e. The van der Waals surface area contributed by atoms with Crippen molar-refractivity contribution >= 4 is 0 Å². The van der Waals surface area contributed by atoms with Gasteiger partial charge in [0.1, 0.15) is 11.5 Å². The molecule has 0 fully saturated rings. The molecule has 94 valence electrons. The van der Waals surface area contributed by atoms with Crippen molar-refractivity contribution in [1.82, 2.24) is 0 Å². The number of benzene rings is 1. The second-order valence-corrected chi connectivity index (χ2v) is 4.63. The summed E-state index contributed by atoms with van der Waals surface area (Å²) in [5.74, 6) is 1.66. The fourth-order valence-corrected chi connectivity index (χ4v) is 1.69. The zero-order valence-electron chi connectivity index (χ0n) is 11.4. The van der Waals surface area contributed by atoms with Crippen LogP contribution in [-0.4, -0.2) is 14.2 Å². The highest BCUT2D eigenvalue weighted by Crippen LogP contribution is 2.32. The van der Waals surface area contributed by atoms with Gasteiger partial charge >= 0.3 is 0 Å². The van der Waals surface area contributed by atoms with E-state index in [0.29, 0.717) is 0 Å². The Morgan fingerprint density at radius 2 is 1.59 bits per heavy atom. The average Bonchev–Trinajstić information content (AvgIpc) is 2.35. The van der Waals surface area contributed by atoms with Crippen LogP contribution in [0, 0.1) is 0 Å². The molecule has 1 aromatic rings. The van der Waals surface area contributed by atoms with Crippen LogP contribution in [0.2, 0.25) is 0 Å². The van der Waals surface area contributed by atoms with Crippen LogP contribution < -0.4 is 9.47 Å². The van der Waals surface area contributed by atoms with E-state index in [-0.39, 0.29) is 5.41 Å². The SMILES string of the molecule is CCC=CC(C)(C)c1cc(OC)cc(OC)c1. The highest BCUT2D eigenvalue weighted by Gasteiger charge is 2.18. The van der Waals surface area contributed by atoms with E-state index in [2.05, 4.69) is 45.1 Å². The van der Waals surface area contributed by atoms with Crippen molar-refractivity contribution in [3.05, 3.63) is 35.9 Å². The molecular formula is C15H22O2. The zero-order chi connectivity index (χ0) is 12.9. The Bertz CT molecular complexity index is 370. The number of methoxy groups -OCH3 is 2. The topological polar surface area (TPSA) is 18.5 Å². The number of allylic oxidation sites excluding steroid dienone is 2. The van der Waals surface area contributed by atoms with E-state index in [1.54, 1.807) is 14.2 Å². The Hall–Kier alpha value is -1.44. The second kappa shape index (κ2) is 5.76. The molecule has 17 heavy (non-hydrogen) atoms. The summed E-state index contributed by atoms with van der Waals surface area (Å²) in [6, 6.07) is 6.01. The molecule has 0 aliphatic rings. The van der Waals surface area contributed by atoms with Crippen molar-refractivity contribution in [3.8, 4) is 11.5 Å². The summed E-state index contributed by atoms with van der Waals surface area (Å²) in [4.78, 5) is 0. The fraction of sp³-hybridized carbons (Fsp3) is 0.467. The Balaban J connectivity index is 3.15. The van der Waals surface area contributed by atoms with Gasteiger partial charge < -0.3 is 9.47 Å². The first-order chi connectivity index (χ1) is 8.03. The average molecular weight is 234 g/mol. The quantitative estimate of drug-likeness (QED) is 0.718. The highest BCUT2D eigenvalue weighted by atomic mass is 16.5. The highest BCUT2D eigenvalue weighted by molar-refractivity contribution is 5.43. The van der Waals surface area contributed by atoms with E-state index in [4.69, 9.17) is 9.47 Å². The molecule has 0 bridgehead atoms. The van der Waals surface area contributed by atoms with Crippen LogP contribution in [0.4, 0.5) is 0 Å². The molecule has 2 heteroatoms. The molecule has 0 radical (unpaired) electrons. The van der Waals surface area contributed by atoms with Gasteiger partial charge in [-0.25, -0.2) is 0 Å². The van der Waals surface area contributed by atoms with Crippen molar-refractivity contribution in [1.29, 1.82) is 0 Å². The number of rotatable bonds is 5. The van der Waals surface area contributed by atoms with E-state index in [9.17, 15) is 0 Å². The summed E-state index contributed by atoms with van der Waals surface area (Å²) >= 11 is 0. The molecule has 0 aliphatic heterocycles. The third kappa shape index (κ3) is 3.52. The Labute approximate surface area is 104 Å². The summed E-state index contributed by atoms with van der Waals surface area (Å²) in [5.41, 5.74) is 1.18. The standard InChI is InChI=1S/C15H22O2/c1-6-7-8-15(2,3)12-9-13(16-4)11-14(10-12)17-5/h7-11H,6H2,1-5H3. The number of hydrogen-bond acceptors (Lipinski definition) is 2. The van der Waals surface area contributed by atoms with Crippen molar-refractivity contribution in [2.75, 3.05) is 14.2 Å². The van der Waals surface area contributed by atoms with E-state index < -0.39 is 0 Å². The number of hydrogen-bond donors (Lipinski definition) is 0. The van der Waals surface area contributed by atoms with Crippen LogP contribution in [0.1, 0.15) is 32.8 Å². The maximum atomic E-state index is 5.29. The summed E-state index contributed by atoms with van der Waals surface area (Å²) in [6.07, 6.45) is 5.46. The van der Waals surface area contributed by atoms with Gasteiger partial charge in [0.2, 0.25) is 0 Å². The van der Waals surface area contributed by atoms with Crippen molar-refractivity contribution in [2.45, 2.75) is 32.6 Å². The minimum absolute atomic E-state index is 0.0160. The molecule has 1 aromatic carbocycles. The van der Waals surface area contributed by atoms with Crippen molar-refractivity contribution in [2.24, 2.45) is 0 Å². The van der Waals surface area contributed by atoms with Crippen LogP contribution in [0.5, 0.6) is 11.5 Å². The molecule has 2 nitrogen and oxygen atoms in total. The Morgan fingerprint density at radius 1 is 1.06 bits per heavy atom. The first-order valence-electron chi connectivity index (χ1n) is 5.94. The summed E-state index contributed by atoms with van der Waals surface area (Å²) in [7, 11) is 3.35. The van der Waals surface area contributed by atoms with Crippen molar-refractivity contribution in [3.63, 3.8) is 0 Å². The van der Waals surface area contributed by atoms with Crippen LogP contribution in [0.15, 0.2) is 30.4 Å². The molecule has 1 rings (SSSR count). The third-order valence-electron chi connectivity index (χ3n) is 2.87. The van der Waals surface area contributed by atoms with E-state index in [1.807, 2.05) is 6.07 Å². The van der Waals surface area contributed by atoms with Gasteiger partial charge in [-0.1, -0.05) is 32.9 Å². The Kier molecular flexibility index (Phi) is 4.62. The van der Waals surface area contributed by atoms with Gasteiger partial charge in [0.15, 0.2) is 0 Å². The summed E-state index contributed by atoms with van der Waals surface area (Å²) in [5, 5.41) is 0. The lowest BCUT2D eigenvalue weighted by molar-refractivity contribution is 0.392. The molecule has 0 saturated heterocycles. The maximum absolute atomic E-state index is 5.29. The van der Waals surface area contributed by atoms with Crippen LogP contribution >= 0.6 is 0 Å². The normalized spacial score (nSPS) is 11.8. The Morgan fingerprint density at radius 3 is 2.00 bits per heavy atom. The van der Waals surface area contributed by atoms with Gasteiger partial charge in [-0.2, -0.15) is 0 Å². The fourth-order valence-electron chi connectivity index (χ4n) is 1.69. The lowest BCUT2D eigenvalue weighted by atomic mass is 9.84. The van der Waals surface area contributed by atoms with Gasteiger partial charge in [0.25, 0.3) is 0 Å². The van der Waals surface area contributed by atoms with E-state index in [0.717, 1.165) is 17.9 Å². The molecule has 0 aromatic heterocycles. The van der Waals surface area contributed by atoms with Gasteiger partial charge in [0.05, 0.1) is 14.2 Å². The molecule has 0 atom stereocenters. The van der Waals surface area contributed by atoms with E-state index in [1.165, 1.54) is 5.56 Å². The van der Waals surface area contributed by atoms with E-state index >= 15 is 0 Å². The predicted molar refractivity (Wildman–Crippen MR) is 72.0 cm³/mol. The van der Waals surface area contributed by atoms with Crippen LogP contribution in [0.3, 0.4) is 0 Å². The maximum Gasteiger partial charge on any atom is 0.122 e. The van der Waals surface area contributed by atoms with Crippen LogP contribution in [0.25, 0.3) is 0 Å². The molecule has 0 amide bonds. The zero-order valence-corrected chi connectivity index (χ0v) is 11.4. The smallest absolute Gasteiger partial charge is 0.122 e. The molecule has 0 heterocycles. The van der Waals surface area contributed by atoms with Gasteiger partial charge in [-0.05, 0) is 24.1 Å². The predicted octanol–water partition coefficient (Wildman–Crippen LogP) is 3.95. The lowest BCUT2D eigenvalue weighted by Gasteiger charge is -2.22. The molecule has 0 N–H and O–H groups in total. The first kappa shape index (κ1) is 13.6. The van der Waals surface area contributed by atoms with Gasteiger partial charge in [0, 0.05) is 11.5 Å². The molecular weight excluding hydrogens is 212 g/mol. The van der Waals surface area contributed by atoms with Crippen molar-refractivity contribution < 1.29 is 9.47 Å². The molecule has 0 unspecified atom stereocenters. The summed E-state index contributed by atoms with van der Waals surface area (Å²) in [6.45, 7) is 6.51. The third-order valence-corrected chi connectivity index (χ3v) is 2.87. The molecule has 0 aliphatic carbocycles. The lowest BCUT2D eigenvalue weighted by Crippen LogP contribution is -2.13. The second-order valence-electron chi connectivity index (χ2n) is 4.63. The minimum atomic E-state index is -0.0160. The van der Waals surface area contributed by atoms with Gasteiger partial charge in [-0.3, -0.25) is 0 Å². The minimum Gasteiger partial charge on any atom is -0.497 e. The number of ether oxygens (including phenoxy) is 2. The van der Waals surface area contributed by atoms with Gasteiger partial charge in [-0.15, -0.1) is 0 Å². The monoisotopic (exact) mass is 234 g/mol. The van der Waals surface area contributed by atoms with Crippen LogP contribution in [-0.2, 0) is 5.41 Å². The summed E-state index contributed by atoms with van der Waals surface area (Å²) < 4.78 is 10.6. The first-order valence-corrected chi connectivity index (χ1v) is 5.94. The molecule has 0 saturated carbocycles. The molecule has 0 spiro atoms.